The highest BCUT2D eigenvalue weighted by atomic mass is 32.2. The molecule has 9 atom stereocenters. The third-order valence-corrected chi connectivity index (χ3v) is 18.3. The molecule has 0 radical (unpaired) electrons. The molecule has 1 N–H and O–H groups in total. The largest absolute Gasteiger partial charge is 0.429 e. The van der Waals surface area contributed by atoms with Gasteiger partial charge in [0.05, 0.1) is 6.26 Å². The minimum atomic E-state index is -3.10. The molecule has 4 saturated carbocycles. The third kappa shape index (κ3) is 5.99. The molecule has 5 fully saturated rings. The van der Waals surface area contributed by atoms with Gasteiger partial charge in [-0.05, 0) is 138 Å². The number of piperazine rings is 1. The van der Waals surface area contributed by atoms with Crippen molar-refractivity contribution in [3.8, 4) is 5.75 Å². The molecule has 284 valence electrons. The SMILES string of the molecule is CC(C)[C@@H]1CC[C@]2(NCCN3CCN(S(C)(=O)=O)CC3)CC[C@]3(C)[C@H](CC[C@@H]4[C@@]5(C)CC=C(c6ccc(OC=O)cc6)C(C)(C)[C@@H]5CC[C@]43C)[C@@H]12. The molecule has 1 aromatic carbocycles. The van der Waals surface area contributed by atoms with Gasteiger partial charge < -0.3 is 10.1 Å². The Morgan fingerprint density at radius 1 is 0.882 bits per heavy atom. The molecule has 6 aliphatic rings. The minimum Gasteiger partial charge on any atom is -0.429 e. The Labute approximate surface area is 309 Å². The van der Waals surface area contributed by atoms with Gasteiger partial charge in [0.25, 0.3) is 6.47 Å². The van der Waals surface area contributed by atoms with Gasteiger partial charge in [0, 0.05) is 44.8 Å². The fraction of sp³-hybridized carbons (Fsp3) is 0.791. The lowest BCUT2D eigenvalue weighted by molar-refractivity contribution is -0.221. The zero-order valence-corrected chi connectivity index (χ0v) is 33.8. The highest BCUT2D eigenvalue weighted by molar-refractivity contribution is 7.88. The second-order valence-corrected chi connectivity index (χ2v) is 21.5. The highest BCUT2D eigenvalue weighted by Gasteiger charge is 2.70. The molecule has 1 heterocycles. The molecule has 1 aliphatic heterocycles. The van der Waals surface area contributed by atoms with E-state index in [2.05, 4.69) is 76.9 Å². The first-order chi connectivity index (χ1) is 24.0. The van der Waals surface area contributed by atoms with E-state index in [1.807, 2.05) is 12.1 Å². The molecule has 0 aromatic heterocycles. The van der Waals surface area contributed by atoms with Gasteiger partial charge in [-0.15, -0.1) is 0 Å². The summed E-state index contributed by atoms with van der Waals surface area (Å²) in [6.07, 6.45) is 15.7. The summed E-state index contributed by atoms with van der Waals surface area (Å²) in [5.74, 6) is 4.90. The summed E-state index contributed by atoms with van der Waals surface area (Å²) in [5, 5.41) is 4.29. The predicted octanol–water partition coefficient (Wildman–Crippen LogP) is 7.87. The Morgan fingerprint density at radius 2 is 1.59 bits per heavy atom. The summed E-state index contributed by atoms with van der Waals surface area (Å²) >= 11 is 0. The smallest absolute Gasteiger partial charge is 0.298 e. The van der Waals surface area contributed by atoms with Crippen LogP contribution in [0.2, 0.25) is 0 Å². The molecule has 0 amide bonds. The lowest BCUT2D eigenvalue weighted by Gasteiger charge is -2.72. The van der Waals surface area contributed by atoms with Crippen LogP contribution in [0.15, 0.2) is 30.3 Å². The molecular weight excluding hydrogens is 655 g/mol. The van der Waals surface area contributed by atoms with E-state index < -0.39 is 10.0 Å². The fourth-order valence-electron chi connectivity index (χ4n) is 14.3. The van der Waals surface area contributed by atoms with Crippen LogP contribution < -0.4 is 10.1 Å². The summed E-state index contributed by atoms with van der Waals surface area (Å²) in [5.41, 5.74) is 3.95. The number of rotatable bonds is 9. The Morgan fingerprint density at radius 3 is 2.24 bits per heavy atom. The molecule has 5 aliphatic carbocycles. The zero-order chi connectivity index (χ0) is 36.6. The van der Waals surface area contributed by atoms with Crippen LogP contribution in [0.25, 0.3) is 5.57 Å². The number of nitrogens with zero attached hydrogens (tertiary/aromatic N) is 2. The van der Waals surface area contributed by atoms with Gasteiger partial charge in [-0.1, -0.05) is 66.7 Å². The topological polar surface area (TPSA) is 78.9 Å². The van der Waals surface area contributed by atoms with E-state index >= 15 is 0 Å². The zero-order valence-electron chi connectivity index (χ0n) is 33.0. The van der Waals surface area contributed by atoms with Crippen LogP contribution in [0.5, 0.6) is 5.75 Å². The molecule has 0 spiro atoms. The van der Waals surface area contributed by atoms with Gasteiger partial charge in [0.15, 0.2) is 0 Å². The van der Waals surface area contributed by atoms with Crippen LogP contribution in [0.1, 0.15) is 112 Å². The normalized spacial score (nSPS) is 41.2. The molecular formula is C43H67N3O4S. The molecule has 51 heavy (non-hydrogen) atoms. The van der Waals surface area contributed by atoms with Crippen LogP contribution >= 0.6 is 0 Å². The number of benzene rings is 1. The third-order valence-electron chi connectivity index (χ3n) is 17.0. The van der Waals surface area contributed by atoms with Crippen molar-refractivity contribution in [2.24, 2.45) is 57.2 Å². The van der Waals surface area contributed by atoms with Crippen LogP contribution in [0.4, 0.5) is 0 Å². The van der Waals surface area contributed by atoms with Gasteiger partial charge in [-0.3, -0.25) is 9.69 Å². The number of nitrogens with one attached hydrogen (secondary N) is 1. The van der Waals surface area contributed by atoms with Gasteiger partial charge in [0.2, 0.25) is 10.0 Å². The first-order valence-electron chi connectivity index (χ1n) is 20.3. The Bertz CT molecular complexity index is 1600. The van der Waals surface area contributed by atoms with Crippen molar-refractivity contribution in [1.82, 2.24) is 14.5 Å². The molecule has 1 aromatic rings. The summed E-state index contributed by atoms with van der Waals surface area (Å²) in [4.78, 5) is 13.4. The summed E-state index contributed by atoms with van der Waals surface area (Å²) in [6.45, 7) is 23.6. The first kappa shape index (κ1) is 37.6. The van der Waals surface area contributed by atoms with Crippen LogP contribution in [-0.4, -0.2) is 75.2 Å². The van der Waals surface area contributed by atoms with E-state index in [4.69, 9.17) is 4.74 Å². The predicted molar refractivity (Wildman–Crippen MR) is 207 cm³/mol. The van der Waals surface area contributed by atoms with Gasteiger partial charge in [-0.25, -0.2) is 8.42 Å². The molecule has 1 saturated heterocycles. The Balaban J connectivity index is 1.11. The number of carbonyl (C=O) groups is 1. The molecule has 7 rings (SSSR count). The number of ether oxygens (including phenoxy) is 1. The van der Waals surface area contributed by atoms with Crippen LogP contribution in [0, 0.1) is 57.2 Å². The monoisotopic (exact) mass is 721 g/mol. The Hall–Kier alpha value is -1.74. The van der Waals surface area contributed by atoms with E-state index in [0.717, 1.165) is 56.3 Å². The fourth-order valence-corrected chi connectivity index (χ4v) is 15.1. The average Bonchev–Trinajstić information content (AvgIpc) is 3.45. The van der Waals surface area contributed by atoms with Crippen LogP contribution in [0.3, 0.4) is 0 Å². The number of sulfonamides is 1. The van der Waals surface area contributed by atoms with E-state index in [9.17, 15) is 13.2 Å². The molecule has 7 nitrogen and oxygen atoms in total. The summed E-state index contributed by atoms with van der Waals surface area (Å²) < 4.78 is 30.9. The van der Waals surface area contributed by atoms with Gasteiger partial charge in [0.1, 0.15) is 5.75 Å². The van der Waals surface area contributed by atoms with Gasteiger partial charge >= 0.3 is 0 Å². The standard InChI is InChI=1S/C43H67N3O4S/c1-30(2)33-15-20-43(44-23-24-45-25-27-46(28-26-45)51(8,48)49)22-21-41(6)35(38(33)43)13-14-37-40(5)18-16-34(31-9-11-32(12-10-31)50-29-47)39(3,4)36(40)17-19-42(37,41)7/h9-12,16,29-30,33,35-38,44H,13-15,17-28H2,1-8H3/t33-,35+,36-,37+,38+,40-,41+,42+,43-/m0/s1. The van der Waals surface area contributed by atoms with Crippen molar-refractivity contribution in [3.05, 3.63) is 35.9 Å². The maximum atomic E-state index is 12.1. The lowest BCUT2D eigenvalue weighted by Crippen LogP contribution is -2.68. The minimum absolute atomic E-state index is 0.0659. The Kier molecular flexibility index (Phi) is 9.75. The molecule has 8 heteroatoms. The second-order valence-electron chi connectivity index (χ2n) is 19.5. The van der Waals surface area contributed by atoms with Crippen molar-refractivity contribution in [2.45, 2.75) is 112 Å². The van der Waals surface area contributed by atoms with Gasteiger partial charge in [-0.2, -0.15) is 4.31 Å². The summed E-state index contributed by atoms with van der Waals surface area (Å²) in [6, 6.07) is 8.15. The van der Waals surface area contributed by atoms with E-state index in [1.54, 1.807) is 4.31 Å². The van der Waals surface area contributed by atoms with Crippen molar-refractivity contribution in [1.29, 1.82) is 0 Å². The number of hydrogen-bond donors (Lipinski definition) is 1. The second kappa shape index (κ2) is 13.2. The first-order valence-corrected chi connectivity index (χ1v) is 22.2. The van der Waals surface area contributed by atoms with E-state index in [-0.39, 0.29) is 16.4 Å². The maximum Gasteiger partial charge on any atom is 0.298 e. The van der Waals surface area contributed by atoms with E-state index in [1.165, 1.54) is 68.8 Å². The van der Waals surface area contributed by atoms with Crippen molar-refractivity contribution < 1.29 is 17.9 Å². The number of carbonyl (C=O) groups excluding carboxylic acids is 1. The van der Waals surface area contributed by atoms with Crippen molar-refractivity contribution in [3.63, 3.8) is 0 Å². The van der Waals surface area contributed by atoms with E-state index in [0.29, 0.717) is 48.0 Å². The lowest BCUT2D eigenvalue weighted by atomic mass is 9.33. The summed E-state index contributed by atoms with van der Waals surface area (Å²) in [7, 11) is -3.10. The number of hydrogen-bond acceptors (Lipinski definition) is 6. The molecule has 0 unspecified atom stereocenters. The molecule has 0 bridgehead atoms. The number of allylic oxidation sites excluding steroid dienone is 2. The van der Waals surface area contributed by atoms with Crippen molar-refractivity contribution in [2.75, 3.05) is 45.5 Å². The number of fused-ring (bicyclic) bond motifs is 7. The van der Waals surface area contributed by atoms with Crippen molar-refractivity contribution >= 4 is 22.1 Å². The highest BCUT2D eigenvalue weighted by Crippen LogP contribution is 2.76. The maximum absolute atomic E-state index is 12.1. The average molecular weight is 722 g/mol. The quantitative estimate of drug-likeness (QED) is 0.262. The van der Waals surface area contributed by atoms with Crippen LogP contribution in [-0.2, 0) is 14.8 Å².